The zero-order chi connectivity index (χ0) is 14.1. The molecule has 20 heavy (non-hydrogen) atoms. The number of benzene rings is 2. The molecule has 0 heterocycles. The van der Waals surface area contributed by atoms with Crippen molar-refractivity contribution in [2.45, 2.75) is 25.7 Å². The van der Waals surface area contributed by atoms with Crippen LogP contribution in [-0.4, -0.2) is 0 Å². The van der Waals surface area contributed by atoms with E-state index in [2.05, 4.69) is 62.5 Å². The molecule has 0 fully saturated rings. The van der Waals surface area contributed by atoms with Crippen LogP contribution in [0.3, 0.4) is 0 Å². The van der Waals surface area contributed by atoms with Crippen molar-refractivity contribution in [3.05, 3.63) is 83.4 Å². The molecule has 0 aliphatic heterocycles. The van der Waals surface area contributed by atoms with Crippen molar-refractivity contribution in [1.29, 1.82) is 0 Å². The first-order valence-corrected chi connectivity index (χ1v) is 7.27. The molecule has 0 bridgehead atoms. The van der Waals surface area contributed by atoms with Crippen LogP contribution in [0.5, 0.6) is 0 Å². The third-order valence-electron chi connectivity index (χ3n) is 4.36. The lowest BCUT2D eigenvalue weighted by Crippen LogP contribution is -2.00. The van der Waals surface area contributed by atoms with Crippen molar-refractivity contribution in [1.82, 2.24) is 0 Å². The minimum absolute atomic E-state index is 0.424. The Morgan fingerprint density at radius 1 is 1.15 bits per heavy atom. The van der Waals surface area contributed by atoms with Crippen molar-refractivity contribution in [2.75, 3.05) is 0 Å². The van der Waals surface area contributed by atoms with Gasteiger partial charge in [-0.25, -0.2) is 0 Å². The first-order valence-electron chi connectivity index (χ1n) is 7.27. The normalized spacial score (nSPS) is 17.1. The molecule has 3 rings (SSSR count). The standard InChI is InChI=1S/C20H20/c1-4-15-10-11-17-13-16-8-6-7-9-19(16)18(5-2)14(3)20(17)12-15/h4,6-12,18H,1,3,5,13H2,2H3. The summed E-state index contributed by atoms with van der Waals surface area (Å²) in [6.45, 7) is 10.5. The zero-order valence-corrected chi connectivity index (χ0v) is 12.0. The fraction of sp³-hybridized carbons (Fsp3) is 0.200. The minimum Gasteiger partial charge on any atom is -0.0985 e. The topological polar surface area (TPSA) is 0 Å². The molecule has 100 valence electrons. The molecule has 1 atom stereocenters. The molecule has 0 heteroatoms. The Kier molecular flexibility index (Phi) is 3.31. The second-order valence-electron chi connectivity index (χ2n) is 5.48. The van der Waals surface area contributed by atoms with E-state index in [1.807, 2.05) is 6.08 Å². The van der Waals surface area contributed by atoms with Crippen LogP contribution < -0.4 is 0 Å². The number of rotatable bonds is 2. The third kappa shape index (κ3) is 2.02. The summed E-state index contributed by atoms with van der Waals surface area (Å²) in [6.07, 6.45) is 4.00. The monoisotopic (exact) mass is 260 g/mol. The Labute approximate surface area is 121 Å². The predicted molar refractivity (Wildman–Crippen MR) is 87.8 cm³/mol. The summed E-state index contributed by atoms with van der Waals surface area (Å²) in [5.41, 5.74) is 7.98. The van der Waals surface area contributed by atoms with Gasteiger partial charge in [-0.3, -0.25) is 0 Å². The van der Waals surface area contributed by atoms with E-state index in [0.29, 0.717) is 5.92 Å². The zero-order valence-electron chi connectivity index (χ0n) is 12.0. The average molecular weight is 260 g/mol. The molecule has 0 nitrogen and oxygen atoms in total. The highest BCUT2D eigenvalue weighted by Gasteiger charge is 2.23. The lowest BCUT2D eigenvalue weighted by Gasteiger charge is -2.19. The Balaban J connectivity index is 2.22. The SMILES string of the molecule is C=Cc1ccc2c(c1)C(=C)C(CC)c1ccccc1C2. The van der Waals surface area contributed by atoms with E-state index < -0.39 is 0 Å². The fourth-order valence-corrected chi connectivity index (χ4v) is 3.26. The second kappa shape index (κ2) is 5.13. The van der Waals surface area contributed by atoms with Crippen LogP contribution in [0.15, 0.2) is 55.6 Å². The van der Waals surface area contributed by atoms with Gasteiger partial charge in [0.2, 0.25) is 0 Å². The van der Waals surface area contributed by atoms with Crippen LogP contribution in [0.25, 0.3) is 11.6 Å². The second-order valence-corrected chi connectivity index (χ2v) is 5.48. The number of hydrogen-bond donors (Lipinski definition) is 0. The average Bonchev–Trinajstić information content (AvgIpc) is 2.61. The van der Waals surface area contributed by atoms with Crippen LogP contribution in [0, 0.1) is 0 Å². The Morgan fingerprint density at radius 2 is 1.95 bits per heavy atom. The Hall–Kier alpha value is -2.08. The quantitative estimate of drug-likeness (QED) is 0.674. The molecule has 0 saturated heterocycles. The molecule has 2 aromatic carbocycles. The van der Waals surface area contributed by atoms with Crippen LogP contribution in [0.2, 0.25) is 0 Å². The molecule has 0 radical (unpaired) electrons. The molecule has 1 unspecified atom stereocenters. The number of allylic oxidation sites excluding steroid dienone is 1. The molecule has 0 saturated carbocycles. The molecule has 0 amide bonds. The van der Waals surface area contributed by atoms with Crippen LogP contribution >= 0.6 is 0 Å². The summed E-state index contributed by atoms with van der Waals surface area (Å²) in [5.74, 6) is 0.424. The summed E-state index contributed by atoms with van der Waals surface area (Å²) in [5, 5.41) is 0. The fourth-order valence-electron chi connectivity index (χ4n) is 3.26. The first kappa shape index (κ1) is 12.9. The van der Waals surface area contributed by atoms with Crippen molar-refractivity contribution < 1.29 is 0 Å². The molecule has 2 aromatic rings. The summed E-state index contributed by atoms with van der Waals surface area (Å²) in [7, 11) is 0. The lowest BCUT2D eigenvalue weighted by molar-refractivity contribution is 0.820. The molecule has 1 aliphatic carbocycles. The van der Waals surface area contributed by atoms with Gasteiger partial charge in [-0.2, -0.15) is 0 Å². The Bertz CT molecular complexity index is 676. The van der Waals surface area contributed by atoms with Crippen LogP contribution in [-0.2, 0) is 6.42 Å². The van der Waals surface area contributed by atoms with E-state index in [1.165, 1.54) is 33.4 Å². The van der Waals surface area contributed by atoms with E-state index in [9.17, 15) is 0 Å². The summed E-state index contributed by atoms with van der Waals surface area (Å²) in [4.78, 5) is 0. The van der Waals surface area contributed by atoms with E-state index >= 15 is 0 Å². The van der Waals surface area contributed by atoms with Gasteiger partial charge in [0.05, 0.1) is 0 Å². The van der Waals surface area contributed by atoms with Gasteiger partial charge in [0.25, 0.3) is 0 Å². The van der Waals surface area contributed by atoms with E-state index in [4.69, 9.17) is 0 Å². The number of fused-ring (bicyclic) bond motifs is 2. The van der Waals surface area contributed by atoms with Crippen LogP contribution in [0.1, 0.15) is 47.1 Å². The molecule has 1 aliphatic rings. The molecule has 0 N–H and O–H groups in total. The van der Waals surface area contributed by atoms with E-state index in [0.717, 1.165) is 12.8 Å². The largest absolute Gasteiger partial charge is 0.0985 e. The summed E-state index contributed by atoms with van der Waals surface area (Å²) >= 11 is 0. The highest BCUT2D eigenvalue weighted by Crippen LogP contribution is 2.41. The smallest absolute Gasteiger partial charge is 0.00897 e. The van der Waals surface area contributed by atoms with Gasteiger partial charge < -0.3 is 0 Å². The third-order valence-corrected chi connectivity index (χ3v) is 4.36. The minimum atomic E-state index is 0.424. The van der Waals surface area contributed by atoms with Gasteiger partial charge in [0.1, 0.15) is 0 Å². The maximum absolute atomic E-state index is 4.41. The van der Waals surface area contributed by atoms with Gasteiger partial charge in [0, 0.05) is 5.92 Å². The van der Waals surface area contributed by atoms with Crippen LogP contribution in [0.4, 0.5) is 0 Å². The molecular weight excluding hydrogens is 240 g/mol. The van der Waals surface area contributed by atoms with Gasteiger partial charge >= 0.3 is 0 Å². The van der Waals surface area contributed by atoms with Gasteiger partial charge in [0.15, 0.2) is 0 Å². The molecular formula is C20H20. The van der Waals surface area contributed by atoms with E-state index in [-0.39, 0.29) is 0 Å². The Morgan fingerprint density at radius 3 is 2.70 bits per heavy atom. The summed E-state index contributed by atoms with van der Waals surface area (Å²) in [6, 6.07) is 15.4. The van der Waals surface area contributed by atoms with Gasteiger partial charge in [-0.15, -0.1) is 0 Å². The maximum atomic E-state index is 4.41. The lowest BCUT2D eigenvalue weighted by atomic mass is 9.85. The molecule has 0 aromatic heterocycles. The van der Waals surface area contributed by atoms with Crippen molar-refractivity contribution in [2.24, 2.45) is 0 Å². The van der Waals surface area contributed by atoms with E-state index in [1.54, 1.807) is 0 Å². The van der Waals surface area contributed by atoms with Crippen molar-refractivity contribution in [3.63, 3.8) is 0 Å². The predicted octanol–water partition coefficient (Wildman–Crippen LogP) is 5.44. The highest BCUT2D eigenvalue weighted by atomic mass is 14.3. The molecule has 0 spiro atoms. The first-order chi connectivity index (χ1) is 9.74. The summed E-state index contributed by atoms with van der Waals surface area (Å²) < 4.78 is 0. The highest BCUT2D eigenvalue weighted by molar-refractivity contribution is 5.76. The number of hydrogen-bond acceptors (Lipinski definition) is 0. The van der Waals surface area contributed by atoms with Gasteiger partial charge in [-0.05, 0) is 52.3 Å². The van der Waals surface area contributed by atoms with Crippen molar-refractivity contribution in [3.8, 4) is 0 Å². The van der Waals surface area contributed by atoms with Crippen molar-refractivity contribution >= 4 is 11.6 Å². The maximum Gasteiger partial charge on any atom is 0.00897 e. The van der Waals surface area contributed by atoms with Gasteiger partial charge in [-0.1, -0.05) is 62.6 Å².